The van der Waals surface area contributed by atoms with Gasteiger partial charge in [-0.1, -0.05) is 72.2 Å². The van der Waals surface area contributed by atoms with Gasteiger partial charge in [0, 0.05) is 25.7 Å². The van der Waals surface area contributed by atoms with Crippen LogP contribution in [0.25, 0.3) is 0 Å². The molecule has 2 aromatic carbocycles. The highest BCUT2D eigenvalue weighted by Crippen LogP contribution is 2.11. The van der Waals surface area contributed by atoms with Crippen molar-refractivity contribution in [2.75, 3.05) is 0 Å². The van der Waals surface area contributed by atoms with Gasteiger partial charge in [0.15, 0.2) is 0 Å². The molecule has 0 unspecified atom stereocenters. The standard InChI is InChI=1S/C20H16/c1-3-12-19-14-5-6-15-20(19)13-4-2-9-18-11-7-10-17(8-1)16-18/h5-7,10-11,14-16H,8-9,12-13H2. The van der Waals surface area contributed by atoms with E-state index in [4.69, 9.17) is 0 Å². The summed E-state index contributed by atoms with van der Waals surface area (Å²) in [5, 5.41) is 0. The monoisotopic (exact) mass is 256 g/mol. The molecule has 20 heavy (non-hydrogen) atoms. The van der Waals surface area contributed by atoms with E-state index >= 15 is 0 Å². The molecule has 0 saturated carbocycles. The molecule has 3 rings (SSSR count). The van der Waals surface area contributed by atoms with Gasteiger partial charge in [0.05, 0.1) is 0 Å². The molecule has 0 nitrogen and oxygen atoms in total. The van der Waals surface area contributed by atoms with E-state index in [9.17, 15) is 0 Å². The van der Waals surface area contributed by atoms with Gasteiger partial charge in [0.1, 0.15) is 0 Å². The molecule has 0 saturated heterocycles. The number of hydrogen-bond donors (Lipinski definition) is 0. The molecule has 0 heterocycles. The first-order chi connectivity index (χ1) is 9.92. The van der Waals surface area contributed by atoms with E-state index in [-0.39, 0.29) is 0 Å². The van der Waals surface area contributed by atoms with Gasteiger partial charge in [0.25, 0.3) is 0 Å². The van der Waals surface area contributed by atoms with Crippen molar-refractivity contribution in [3.63, 3.8) is 0 Å². The molecule has 0 aliphatic heterocycles. The predicted molar refractivity (Wildman–Crippen MR) is 83.3 cm³/mol. The molecule has 2 bridgehead atoms. The minimum absolute atomic E-state index is 0.817. The van der Waals surface area contributed by atoms with E-state index in [1.807, 2.05) is 0 Å². The molecule has 0 atom stereocenters. The van der Waals surface area contributed by atoms with Crippen LogP contribution in [-0.2, 0) is 25.7 Å². The number of rotatable bonds is 0. The van der Waals surface area contributed by atoms with Crippen LogP contribution in [0.3, 0.4) is 0 Å². The minimum Gasteiger partial charge on any atom is -0.0982 e. The fourth-order valence-corrected chi connectivity index (χ4v) is 2.40. The Morgan fingerprint density at radius 3 is 1.60 bits per heavy atom. The van der Waals surface area contributed by atoms with Gasteiger partial charge in [-0.2, -0.15) is 0 Å². The first kappa shape index (κ1) is 12.6. The van der Waals surface area contributed by atoms with Gasteiger partial charge < -0.3 is 0 Å². The van der Waals surface area contributed by atoms with Crippen molar-refractivity contribution >= 4 is 0 Å². The molecule has 0 radical (unpaired) electrons. The lowest BCUT2D eigenvalue weighted by Gasteiger charge is -2.02. The molecule has 2 aromatic rings. The van der Waals surface area contributed by atoms with Crippen LogP contribution in [0.2, 0.25) is 0 Å². The van der Waals surface area contributed by atoms with Crippen molar-refractivity contribution < 1.29 is 0 Å². The molecular weight excluding hydrogens is 240 g/mol. The van der Waals surface area contributed by atoms with Crippen molar-refractivity contribution in [2.45, 2.75) is 25.7 Å². The van der Waals surface area contributed by atoms with E-state index in [2.05, 4.69) is 72.2 Å². The SMILES string of the molecule is C1#CCc2ccccc2CC#CCc2cccc(c2)C1. The van der Waals surface area contributed by atoms with E-state index in [0.717, 1.165) is 25.7 Å². The van der Waals surface area contributed by atoms with Crippen LogP contribution in [0.5, 0.6) is 0 Å². The average molecular weight is 256 g/mol. The lowest BCUT2D eigenvalue weighted by molar-refractivity contribution is 1.18. The van der Waals surface area contributed by atoms with Crippen LogP contribution in [0.1, 0.15) is 22.3 Å². The summed E-state index contributed by atoms with van der Waals surface area (Å²) in [6, 6.07) is 17.1. The third-order valence-corrected chi connectivity index (χ3v) is 3.50. The Labute approximate surface area is 120 Å². The summed E-state index contributed by atoms with van der Waals surface area (Å²) in [6.45, 7) is 0. The van der Waals surface area contributed by atoms with E-state index < -0.39 is 0 Å². The highest BCUT2D eigenvalue weighted by atomic mass is 14.0. The fraction of sp³-hybridized carbons (Fsp3) is 0.200. The molecule has 0 aromatic heterocycles. The number of fused-ring (bicyclic) bond motifs is 3. The molecule has 0 fully saturated rings. The van der Waals surface area contributed by atoms with Gasteiger partial charge in [-0.3, -0.25) is 0 Å². The zero-order valence-electron chi connectivity index (χ0n) is 11.4. The van der Waals surface area contributed by atoms with Crippen molar-refractivity contribution in [1.29, 1.82) is 0 Å². The second-order valence-corrected chi connectivity index (χ2v) is 5.00. The molecule has 0 N–H and O–H groups in total. The van der Waals surface area contributed by atoms with Crippen molar-refractivity contribution in [3.8, 4) is 23.7 Å². The van der Waals surface area contributed by atoms with Crippen LogP contribution >= 0.6 is 0 Å². The predicted octanol–water partition coefficient (Wildman–Crippen LogP) is 3.58. The fourth-order valence-electron chi connectivity index (χ4n) is 2.40. The number of hydrogen-bond acceptors (Lipinski definition) is 0. The highest BCUT2D eigenvalue weighted by molar-refractivity contribution is 5.36. The largest absolute Gasteiger partial charge is 0.0982 e. The van der Waals surface area contributed by atoms with Gasteiger partial charge >= 0.3 is 0 Å². The Kier molecular flexibility index (Phi) is 3.86. The van der Waals surface area contributed by atoms with Crippen LogP contribution < -0.4 is 0 Å². The van der Waals surface area contributed by atoms with E-state index in [0.29, 0.717) is 0 Å². The summed E-state index contributed by atoms with van der Waals surface area (Å²) in [4.78, 5) is 0. The maximum atomic E-state index is 3.29. The van der Waals surface area contributed by atoms with Crippen LogP contribution in [-0.4, -0.2) is 0 Å². The smallest absolute Gasteiger partial charge is 0.0343 e. The van der Waals surface area contributed by atoms with E-state index in [1.165, 1.54) is 22.3 Å². The first-order valence-electron chi connectivity index (χ1n) is 6.98. The molecule has 0 heteroatoms. The van der Waals surface area contributed by atoms with Crippen molar-refractivity contribution in [1.82, 2.24) is 0 Å². The maximum absolute atomic E-state index is 3.29. The van der Waals surface area contributed by atoms with Gasteiger partial charge in [-0.15, -0.1) is 0 Å². The molecule has 1 aliphatic carbocycles. The lowest BCUT2D eigenvalue weighted by atomic mass is 10.0. The van der Waals surface area contributed by atoms with Gasteiger partial charge in [-0.25, -0.2) is 0 Å². The number of benzene rings is 2. The second-order valence-electron chi connectivity index (χ2n) is 5.00. The molecular formula is C20H16. The second kappa shape index (κ2) is 6.14. The lowest BCUT2D eigenvalue weighted by Crippen LogP contribution is -1.91. The average Bonchev–Trinajstić information content (AvgIpc) is 2.50. The normalized spacial score (nSPS) is 13.2. The molecule has 1 aliphatic rings. The van der Waals surface area contributed by atoms with Crippen molar-refractivity contribution in [2.24, 2.45) is 0 Å². The Morgan fingerprint density at radius 2 is 1.05 bits per heavy atom. The Hall–Kier alpha value is -2.44. The molecule has 0 amide bonds. The Morgan fingerprint density at radius 1 is 0.550 bits per heavy atom. The summed E-state index contributed by atoms with van der Waals surface area (Å²) in [5.74, 6) is 13.1. The van der Waals surface area contributed by atoms with Crippen LogP contribution in [0.15, 0.2) is 48.5 Å². The van der Waals surface area contributed by atoms with E-state index in [1.54, 1.807) is 0 Å². The Bertz CT molecular complexity index is 669. The van der Waals surface area contributed by atoms with Crippen LogP contribution in [0.4, 0.5) is 0 Å². The highest BCUT2D eigenvalue weighted by Gasteiger charge is 1.99. The van der Waals surface area contributed by atoms with Gasteiger partial charge in [0.2, 0.25) is 0 Å². The van der Waals surface area contributed by atoms with Crippen molar-refractivity contribution in [3.05, 3.63) is 70.8 Å². The summed E-state index contributed by atoms with van der Waals surface area (Å²) in [7, 11) is 0. The third-order valence-electron chi connectivity index (χ3n) is 3.50. The first-order valence-corrected chi connectivity index (χ1v) is 6.98. The Balaban J connectivity index is 1.94. The summed E-state index contributed by atoms with van der Waals surface area (Å²) >= 11 is 0. The zero-order chi connectivity index (χ0) is 13.6. The minimum atomic E-state index is 0.817. The van der Waals surface area contributed by atoms with Crippen LogP contribution in [0, 0.1) is 23.7 Å². The summed E-state index contributed by atoms with van der Waals surface area (Å²) in [6.07, 6.45) is 3.28. The maximum Gasteiger partial charge on any atom is 0.0343 e. The summed E-state index contributed by atoms with van der Waals surface area (Å²) in [5.41, 5.74) is 5.18. The zero-order valence-corrected chi connectivity index (χ0v) is 11.4. The quantitative estimate of drug-likeness (QED) is 0.632. The van der Waals surface area contributed by atoms with Gasteiger partial charge in [-0.05, 0) is 22.3 Å². The third kappa shape index (κ3) is 3.11. The molecule has 0 spiro atoms. The topological polar surface area (TPSA) is 0 Å². The molecule has 96 valence electrons. The summed E-state index contributed by atoms with van der Waals surface area (Å²) < 4.78 is 0.